The molecule has 1 saturated heterocycles. The van der Waals surface area contributed by atoms with E-state index >= 15 is 0 Å². The van der Waals surface area contributed by atoms with E-state index in [0.717, 1.165) is 0 Å². The molecular formula is C14H21N3O2. The third-order valence-electron chi connectivity index (χ3n) is 4.05. The molecule has 5 heteroatoms. The summed E-state index contributed by atoms with van der Waals surface area (Å²) < 4.78 is 5.73. The molecule has 0 aliphatic carbocycles. The van der Waals surface area contributed by atoms with Crippen LogP contribution >= 0.6 is 0 Å². The summed E-state index contributed by atoms with van der Waals surface area (Å²) in [6, 6.07) is 1.75. The summed E-state index contributed by atoms with van der Waals surface area (Å²) >= 11 is 0. The maximum Gasteiger partial charge on any atom is 0.232 e. The predicted octanol–water partition coefficient (Wildman–Crippen LogP) is 1.69. The molecule has 0 saturated carbocycles. The normalized spacial score (nSPS) is 30.3. The molecule has 1 amide bonds. The predicted molar refractivity (Wildman–Crippen MR) is 74.7 cm³/mol. The number of rotatable bonds is 2. The van der Waals surface area contributed by atoms with Crippen molar-refractivity contribution in [2.45, 2.75) is 33.0 Å². The second-order valence-corrected chi connectivity index (χ2v) is 5.26. The smallest absolute Gasteiger partial charge is 0.232 e. The van der Waals surface area contributed by atoms with Gasteiger partial charge in [0, 0.05) is 13.2 Å². The molecule has 2 N–H and O–H groups in total. The van der Waals surface area contributed by atoms with Crippen LogP contribution < -0.4 is 10.6 Å². The van der Waals surface area contributed by atoms with Crippen LogP contribution in [0.3, 0.4) is 0 Å². The zero-order valence-corrected chi connectivity index (χ0v) is 11.8. The van der Waals surface area contributed by atoms with Gasteiger partial charge in [0.15, 0.2) is 0 Å². The van der Waals surface area contributed by atoms with Crippen LogP contribution in [-0.4, -0.2) is 30.1 Å². The Morgan fingerprint density at radius 1 is 1.37 bits per heavy atom. The molecule has 0 radical (unpaired) electrons. The highest BCUT2D eigenvalue weighted by molar-refractivity contribution is 5.97. The molecule has 0 bridgehead atoms. The van der Waals surface area contributed by atoms with Gasteiger partial charge >= 0.3 is 0 Å². The molecule has 2 rings (SSSR count). The molecular weight excluding hydrogens is 242 g/mol. The number of pyridine rings is 1. The van der Waals surface area contributed by atoms with Gasteiger partial charge in [-0.15, -0.1) is 0 Å². The number of anilines is 2. The van der Waals surface area contributed by atoms with Crippen molar-refractivity contribution in [1.29, 1.82) is 0 Å². The number of hydrogen-bond donors (Lipinski definition) is 1. The van der Waals surface area contributed by atoms with E-state index in [1.54, 1.807) is 30.4 Å². The van der Waals surface area contributed by atoms with Crippen LogP contribution in [0.5, 0.6) is 0 Å². The summed E-state index contributed by atoms with van der Waals surface area (Å²) in [4.78, 5) is 18.2. The van der Waals surface area contributed by atoms with Gasteiger partial charge in [0.2, 0.25) is 5.91 Å². The number of aromatic nitrogens is 1. The summed E-state index contributed by atoms with van der Waals surface area (Å²) in [5, 5.41) is 0. The lowest BCUT2D eigenvalue weighted by molar-refractivity contribution is -0.124. The fraction of sp³-hybridized carbons (Fsp3) is 0.571. The highest BCUT2D eigenvalue weighted by Gasteiger charge is 2.43. The number of hydrogen-bond acceptors (Lipinski definition) is 4. The van der Waals surface area contributed by atoms with Crippen molar-refractivity contribution >= 4 is 17.3 Å². The van der Waals surface area contributed by atoms with Crippen LogP contribution in [0.15, 0.2) is 18.5 Å². The zero-order valence-electron chi connectivity index (χ0n) is 11.8. The second-order valence-electron chi connectivity index (χ2n) is 5.26. The summed E-state index contributed by atoms with van der Waals surface area (Å²) in [6.07, 6.45) is 3.23. The van der Waals surface area contributed by atoms with Gasteiger partial charge in [-0.25, -0.2) is 0 Å². The molecule has 1 aromatic rings. The van der Waals surface area contributed by atoms with Crippen LogP contribution in [0.1, 0.15) is 20.8 Å². The van der Waals surface area contributed by atoms with E-state index in [-0.39, 0.29) is 30.0 Å². The van der Waals surface area contributed by atoms with Gasteiger partial charge in [0.05, 0.1) is 35.7 Å². The molecule has 5 nitrogen and oxygen atoms in total. The first-order valence-corrected chi connectivity index (χ1v) is 6.56. The highest BCUT2D eigenvalue weighted by atomic mass is 16.5. The van der Waals surface area contributed by atoms with Crippen LogP contribution in [-0.2, 0) is 9.53 Å². The maximum atomic E-state index is 12.6. The number of ether oxygens (including phenoxy) is 1. The third-order valence-corrected chi connectivity index (χ3v) is 4.05. The van der Waals surface area contributed by atoms with Gasteiger partial charge < -0.3 is 15.4 Å². The van der Waals surface area contributed by atoms with Gasteiger partial charge in [-0.3, -0.25) is 9.78 Å². The van der Waals surface area contributed by atoms with Crippen molar-refractivity contribution < 1.29 is 9.53 Å². The molecule has 104 valence electrons. The van der Waals surface area contributed by atoms with Gasteiger partial charge in [0.25, 0.3) is 0 Å². The van der Waals surface area contributed by atoms with Crippen molar-refractivity contribution in [3.63, 3.8) is 0 Å². The van der Waals surface area contributed by atoms with E-state index in [4.69, 9.17) is 10.5 Å². The fourth-order valence-electron chi connectivity index (χ4n) is 2.74. The monoisotopic (exact) mass is 263 g/mol. The summed E-state index contributed by atoms with van der Waals surface area (Å²) in [7, 11) is 1.75. The lowest BCUT2D eigenvalue weighted by Gasteiger charge is -2.25. The number of carbonyl (C=O) groups is 1. The third kappa shape index (κ3) is 2.42. The molecule has 4 unspecified atom stereocenters. The van der Waals surface area contributed by atoms with Gasteiger partial charge in [-0.05, 0) is 25.8 Å². The highest BCUT2D eigenvalue weighted by Crippen LogP contribution is 2.34. The Bertz CT molecular complexity index is 478. The average molecular weight is 263 g/mol. The van der Waals surface area contributed by atoms with E-state index in [1.165, 1.54) is 0 Å². The fourth-order valence-corrected chi connectivity index (χ4v) is 2.74. The van der Waals surface area contributed by atoms with Crippen LogP contribution in [0.4, 0.5) is 11.4 Å². The first kappa shape index (κ1) is 13.8. The van der Waals surface area contributed by atoms with E-state index < -0.39 is 0 Å². The molecule has 0 aromatic carbocycles. The lowest BCUT2D eigenvalue weighted by Crippen LogP contribution is -2.39. The molecule has 0 spiro atoms. The molecule has 4 atom stereocenters. The van der Waals surface area contributed by atoms with Crippen molar-refractivity contribution in [1.82, 2.24) is 4.98 Å². The Morgan fingerprint density at radius 3 is 2.58 bits per heavy atom. The molecule has 1 aliphatic rings. The maximum absolute atomic E-state index is 12.6. The lowest BCUT2D eigenvalue weighted by atomic mass is 9.88. The molecule has 2 heterocycles. The average Bonchev–Trinajstić information content (AvgIpc) is 2.62. The number of nitrogens with two attached hydrogens (primary N) is 1. The number of nitrogens with zero attached hydrogens (tertiary/aromatic N) is 2. The molecule has 1 aliphatic heterocycles. The summed E-state index contributed by atoms with van der Waals surface area (Å²) in [5.74, 6) is 0.114. The van der Waals surface area contributed by atoms with E-state index in [1.807, 2.05) is 13.8 Å². The van der Waals surface area contributed by atoms with E-state index in [0.29, 0.717) is 11.4 Å². The Kier molecular flexibility index (Phi) is 3.75. The minimum Gasteiger partial charge on any atom is -0.396 e. The summed E-state index contributed by atoms with van der Waals surface area (Å²) in [5.41, 5.74) is 7.07. The van der Waals surface area contributed by atoms with E-state index in [2.05, 4.69) is 11.9 Å². The molecule has 19 heavy (non-hydrogen) atoms. The Morgan fingerprint density at radius 2 is 2.05 bits per heavy atom. The summed E-state index contributed by atoms with van der Waals surface area (Å²) in [6.45, 7) is 6.02. The molecule has 1 aromatic heterocycles. The first-order chi connectivity index (χ1) is 8.93. The van der Waals surface area contributed by atoms with Crippen molar-refractivity contribution in [3.8, 4) is 0 Å². The van der Waals surface area contributed by atoms with Crippen LogP contribution in [0.25, 0.3) is 0 Å². The van der Waals surface area contributed by atoms with E-state index in [9.17, 15) is 4.79 Å². The Labute approximate surface area is 113 Å². The number of nitrogen functional groups attached to an aromatic ring is 1. The minimum absolute atomic E-state index is 0.0438. The minimum atomic E-state index is -0.132. The zero-order chi connectivity index (χ0) is 14.2. The molecule has 1 fully saturated rings. The number of amides is 1. The van der Waals surface area contributed by atoms with Gasteiger partial charge in [0.1, 0.15) is 0 Å². The van der Waals surface area contributed by atoms with Crippen LogP contribution in [0, 0.1) is 11.8 Å². The Hall–Kier alpha value is -1.62. The SMILES string of the molecule is CC1OC(C)C(C(=O)N(C)c2ccncc2N)C1C. The van der Waals surface area contributed by atoms with Gasteiger partial charge in [-0.1, -0.05) is 6.92 Å². The quantitative estimate of drug-likeness (QED) is 0.881. The largest absolute Gasteiger partial charge is 0.396 e. The topological polar surface area (TPSA) is 68.5 Å². The van der Waals surface area contributed by atoms with Crippen LogP contribution in [0.2, 0.25) is 0 Å². The number of carbonyl (C=O) groups excluding carboxylic acids is 1. The van der Waals surface area contributed by atoms with Crippen molar-refractivity contribution in [2.24, 2.45) is 11.8 Å². The Balaban J connectivity index is 2.23. The van der Waals surface area contributed by atoms with Crippen molar-refractivity contribution in [3.05, 3.63) is 18.5 Å². The first-order valence-electron chi connectivity index (χ1n) is 6.56. The van der Waals surface area contributed by atoms with Gasteiger partial charge in [-0.2, -0.15) is 0 Å². The van der Waals surface area contributed by atoms with Crippen molar-refractivity contribution in [2.75, 3.05) is 17.7 Å². The standard InChI is InChI=1S/C14H21N3O2/c1-8-9(2)19-10(3)13(8)14(18)17(4)12-5-6-16-7-11(12)15/h5-10,13H,15H2,1-4H3. The second kappa shape index (κ2) is 5.17.